The van der Waals surface area contributed by atoms with E-state index in [9.17, 15) is 9.59 Å². The number of rotatable bonds is 4. The molecule has 0 fully saturated rings. The number of carboxylic acids is 1. The Morgan fingerprint density at radius 1 is 1.47 bits per heavy atom. The Labute approximate surface area is 113 Å². The first-order valence-corrected chi connectivity index (χ1v) is 5.60. The Bertz CT molecular complexity index is 371. The van der Waals surface area contributed by atoms with Crippen molar-refractivity contribution < 1.29 is 39.9 Å². The highest BCUT2D eigenvalue weighted by Crippen LogP contribution is 2.20. The summed E-state index contributed by atoms with van der Waals surface area (Å²) in [7, 11) is 0. The number of carbonyl (C=O) groups is 2. The first-order chi connectivity index (χ1) is 8.76. The monoisotopic (exact) mass is 297 g/mol. The summed E-state index contributed by atoms with van der Waals surface area (Å²) in [4.78, 5) is 20.3. The van der Waals surface area contributed by atoms with Crippen LogP contribution in [0.1, 0.15) is 0 Å². The lowest BCUT2D eigenvalue weighted by Crippen LogP contribution is -2.31. The molecule has 0 aliphatic carbocycles. The van der Waals surface area contributed by atoms with Crippen LogP contribution in [0.3, 0.4) is 0 Å². The van der Waals surface area contributed by atoms with Gasteiger partial charge in [0.25, 0.3) is 0 Å². The number of hydrogen-bond acceptors (Lipinski definition) is 9. The van der Waals surface area contributed by atoms with Crippen molar-refractivity contribution in [3.63, 3.8) is 0 Å². The molecule has 0 aromatic heterocycles. The number of ether oxygens (including phenoxy) is 1. The van der Waals surface area contributed by atoms with Crippen LogP contribution in [-0.4, -0.2) is 68.1 Å². The zero-order valence-electron chi connectivity index (χ0n) is 9.63. The largest absolute Gasteiger partial charge is 0.505 e. The Hall–Kier alpha value is -1.49. The number of cyclic esters (lactones) is 1. The summed E-state index contributed by atoms with van der Waals surface area (Å²) in [5, 5.41) is 43.1. The van der Waals surface area contributed by atoms with Gasteiger partial charge in [0.05, 0.1) is 6.61 Å². The number of carboxylic acid groups (broad SMARTS) is 1. The van der Waals surface area contributed by atoms with Crippen LogP contribution in [0.15, 0.2) is 11.5 Å². The highest BCUT2D eigenvalue weighted by molar-refractivity contribution is 7.80. The van der Waals surface area contributed by atoms with E-state index >= 15 is 0 Å². The normalized spacial score (nSPS) is 21.3. The highest BCUT2D eigenvalue weighted by atomic mass is 32.1. The summed E-state index contributed by atoms with van der Waals surface area (Å²) < 4.78 is 4.32. The first kappa shape index (κ1) is 17.5. The molecule has 9 nitrogen and oxygen atoms in total. The number of nitrogens with two attached hydrogens (primary N) is 1. The number of thiol groups is 1. The topological polar surface area (TPSA) is 171 Å². The average molecular weight is 297 g/mol. The van der Waals surface area contributed by atoms with E-state index in [4.69, 9.17) is 31.3 Å². The van der Waals surface area contributed by atoms with Gasteiger partial charge < -0.3 is 36.0 Å². The molecule has 7 N–H and O–H groups in total. The maximum atomic E-state index is 10.5. The number of hydrogen-bond donors (Lipinski definition) is 7. The zero-order valence-corrected chi connectivity index (χ0v) is 10.5. The molecule has 3 unspecified atom stereocenters. The minimum atomic E-state index is -1.42. The van der Waals surface area contributed by atoms with Crippen LogP contribution in [0.2, 0.25) is 0 Å². The van der Waals surface area contributed by atoms with Crippen molar-refractivity contribution in [3.05, 3.63) is 11.5 Å². The third-order valence-corrected chi connectivity index (χ3v) is 2.38. The van der Waals surface area contributed by atoms with Gasteiger partial charge in [0.2, 0.25) is 5.76 Å². The van der Waals surface area contributed by atoms with E-state index in [-0.39, 0.29) is 5.75 Å². The fourth-order valence-electron chi connectivity index (χ4n) is 0.901. The number of carbonyl (C=O) groups excluding carboxylic acids is 1. The van der Waals surface area contributed by atoms with Gasteiger partial charge in [-0.2, -0.15) is 12.6 Å². The number of aliphatic carboxylic acids is 1. The molecule has 0 aromatic carbocycles. The van der Waals surface area contributed by atoms with E-state index < -0.39 is 48.3 Å². The predicted molar refractivity (Wildman–Crippen MR) is 64.7 cm³/mol. The van der Waals surface area contributed by atoms with Crippen molar-refractivity contribution >= 4 is 24.6 Å². The summed E-state index contributed by atoms with van der Waals surface area (Å²) >= 11 is 3.65. The second-order valence-electron chi connectivity index (χ2n) is 3.44. The van der Waals surface area contributed by atoms with E-state index in [2.05, 4.69) is 17.4 Å². The molecule has 10 heteroatoms. The van der Waals surface area contributed by atoms with Crippen LogP contribution in [0, 0.1) is 0 Å². The van der Waals surface area contributed by atoms with Crippen molar-refractivity contribution in [1.29, 1.82) is 0 Å². The third kappa shape index (κ3) is 4.95. The summed E-state index contributed by atoms with van der Waals surface area (Å²) in [6.07, 6.45) is -2.78. The van der Waals surface area contributed by atoms with E-state index in [0.717, 1.165) is 0 Å². The van der Waals surface area contributed by atoms with E-state index in [0.29, 0.717) is 0 Å². The Morgan fingerprint density at radius 2 is 2.00 bits per heavy atom. The van der Waals surface area contributed by atoms with E-state index in [1.807, 2.05) is 0 Å². The van der Waals surface area contributed by atoms with Crippen molar-refractivity contribution in [3.8, 4) is 0 Å². The zero-order chi connectivity index (χ0) is 15.2. The fourth-order valence-corrected chi connectivity index (χ4v) is 1.06. The molecule has 0 spiro atoms. The van der Waals surface area contributed by atoms with E-state index in [1.54, 1.807) is 0 Å². The molecule has 0 saturated heterocycles. The molecular weight excluding hydrogens is 282 g/mol. The van der Waals surface area contributed by atoms with Crippen molar-refractivity contribution in [1.82, 2.24) is 0 Å². The van der Waals surface area contributed by atoms with Gasteiger partial charge in [-0.3, -0.25) is 4.79 Å². The van der Waals surface area contributed by atoms with Crippen LogP contribution < -0.4 is 5.73 Å². The summed E-state index contributed by atoms with van der Waals surface area (Å²) in [6, 6.07) is -0.816. The lowest BCUT2D eigenvalue weighted by molar-refractivity contribution is -0.147. The minimum Gasteiger partial charge on any atom is -0.505 e. The Balaban J connectivity index is 0.000000399. The van der Waals surface area contributed by atoms with Crippen LogP contribution in [0.4, 0.5) is 0 Å². The number of aliphatic hydroxyl groups is 4. The maximum Gasteiger partial charge on any atom is 0.377 e. The van der Waals surface area contributed by atoms with Gasteiger partial charge in [-0.15, -0.1) is 0 Å². The molecule has 0 amide bonds. The lowest BCUT2D eigenvalue weighted by Gasteiger charge is -2.13. The molecule has 1 heterocycles. The molecule has 0 radical (unpaired) electrons. The van der Waals surface area contributed by atoms with E-state index in [1.165, 1.54) is 0 Å². The molecular formula is C9H15NO8S. The molecule has 1 rings (SSSR count). The predicted octanol–water partition coefficient (Wildman–Crippen LogP) is -2.08. The van der Waals surface area contributed by atoms with Crippen molar-refractivity contribution in [2.24, 2.45) is 5.73 Å². The summed E-state index contributed by atoms with van der Waals surface area (Å²) in [5.74, 6) is -3.59. The molecule has 3 atom stereocenters. The molecule has 0 bridgehead atoms. The van der Waals surface area contributed by atoms with Crippen LogP contribution in [0.25, 0.3) is 0 Å². The summed E-state index contributed by atoms with van der Waals surface area (Å²) in [5.41, 5.74) is 4.94. The highest BCUT2D eigenvalue weighted by Gasteiger charge is 2.38. The standard InChI is InChI=1S/C6H8O6.C3H7NO2S/c7-1-2(8)5-3(9)4(10)6(11)12-5;4-2(1-7)3(5)6/h2,5,7-10H,1H2;2,7H,1,4H2,(H,5,6). The quantitative estimate of drug-likeness (QED) is 0.227. The average Bonchev–Trinajstić information content (AvgIpc) is 2.65. The maximum absolute atomic E-state index is 10.5. The molecule has 1 aliphatic rings. The molecule has 0 saturated carbocycles. The lowest BCUT2D eigenvalue weighted by atomic mass is 10.2. The molecule has 0 aromatic rings. The first-order valence-electron chi connectivity index (χ1n) is 4.97. The van der Waals surface area contributed by atoms with Gasteiger partial charge in [-0.05, 0) is 0 Å². The van der Waals surface area contributed by atoms with Crippen LogP contribution in [-0.2, 0) is 14.3 Å². The second kappa shape index (κ2) is 7.84. The van der Waals surface area contributed by atoms with Crippen molar-refractivity contribution in [2.75, 3.05) is 12.4 Å². The molecule has 1 aliphatic heterocycles. The second-order valence-corrected chi connectivity index (χ2v) is 3.80. The SMILES string of the molecule is NC(CS)C(=O)O.O=C1OC(C(O)CO)C(O)=C1O. The smallest absolute Gasteiger partial charge is 0.377 e. The Kier molecular flexibility index (Phi) is 7.22. The van der Waals surface area contributed by atoms with Gasteiger partial charge >= 0.3 is 11.9 Å². The number of esters is 1. The van der Waals surface area contributed by atoms with Gasteiger partial charge in [-0.25, -0.2) is 4.79 Å². The molecule has 19 heavy (non-hydrogen) atoms. The summed E-state index contributed by atoms with van der Waals surface area (Å²) in [6.45, 7) is -0.671. The van der Waals surface area contributed by atoms with Gasteiger partial charge in [0, 0.05) is 5.75 Å². The van der Waals surface area contributed by atoms with Gasteiger partial charge in [0.1, 0.15) is 12.1 Å². The third-order valence-electron chi connectivity index (χ3n) is 1.99. The van der Waals surface area contributed by atoms with Gasteiger partial charge in [0.15, 0.2) is 11.9 Å². The fraction of sp³-hybridized carbons (Fsp3) is 0.556. The minimum absolute atomic E-state index is 0.190. The molecule has 110 valence electrons. The number of aliphatic hydroxyl groups excluding tert-OH is 4. The van der Waals surface area contributed by atoms with Crippen LogP contribution >= 0.6 is 12.6 Å². The van der Waals surface area contributed by atoms with Crippen molar-refractivity contribution in [2.45, 2.75) is 18.2 Å². The van der Waals surface area contributed by atoms with Crippen LogP contribution in [0.5, 0.6) is 0 Å². The van der Waals surface area contributed by atoms with Gasteiger partial charge in [-0.1, -0.05) is 0 Å². The Morgan fingerprint density at radius 3 is 2.21 bits per heavy atom.